The second-order valence-corrected chi connectivity index (χ2v) is 2.70. The fraction of sp³-hybridized carbons (Fsp3) is 0.667. The fourth-order valence-electron chi connectivity index (χ4n) is 1.05. The van der Waals surface area contributed by atoms with Crippen molar-refractivity contribution in [3.63, 3.8) is 0 Å². The molecule has 7 heteroatoms. The van der Waals surface area contributed by atoms with Crippen LogP contribution in [0.2, 0.25) is 0 Å². The third-order valence-electron chi connectivity index (χ3n) is 1.58. The number of piperazine rings is 1. The molecule has 0 amide bonds. The Morgan fingerprint density at radius 1 is 1.15 bits per heavy atom. The molecule has 0 aromatic heterocycles. The number of guanidine groups is 2. The van der Waals surface area contributed by atoms with Crippen LogP contribution in [0.4, 0.5) is 0 Å². The van der Waals surface area contributed by atoms with E-state index in [-0.39, 0.29) is 11.9 Å². The number of nitrogens with zero attached hydrogens (tertiary/aromatic N) is 3. The van der Waals surface area contributed by atoms with Crippen LogP contribution in [-0.4, -0.2) is 43.1 Å². The molecule has 0 bridgehead atoms. The summed E-state index contributed by atoms with van der Waals surface area (Å²) in [5.41, 5.74) is 15.7. The van der Waals surface area contributed by atoms with Crippen LogP contribution in [0.15, 0.2) is 10.1 Å². The van der Waals surface area contributed by atoms with Crippen molar-refractivity contribution in [1.29, 1.82) is 0 Å². The van der Waals surface area contributed by atoms with Crippen molar-refractivity contribution in [2.75, 3.05) is 26.2 Å². The molecule has 74 valence electrons. The van der Waals surface area contributed by atoms with Crippen LogP contribution in [0.1, 0.15) is 0 Å². The molecule has 0 aliphatic carbocycles. The van der Waals surface area contributed by atoms with E-state index in [0.717, 1.165) is 26.2 Å². The first-order valence-electron chi connectivity index (χ1n) is 4.08. The molecule has 1 heterocycles. The second kappa shape index (κ2) is 4.51. The number of rotatable bonds is 1. The van der Waals surface area contributed by atoms with Gasteiger partial charge in [0.25, 0.3) is 0 Å². The summed E-state index contributed by atoms with van der Waals surface area (Å²) >= 11 is 0. The number of aliphatic imine (C=N–C) groups is 1. The van der Waals surface area contributed by atoms with Gasteiger partial charge in [-0.3, -0.25) is 5.01 Å². The molecule has 7 nitrogen and oxygen atoms in total. The van der Waals surface area contributed by atoms with Gasteiger partial charge < -0.3 is 22.5 Å². The van der Waals surface area contributed by atoms with Gasteiger partial charge in [-0.25, -0.2) is 0 Å². The first-order chi connectivity index (χ1) is 6.18. The highest BCUT2D eigenvalue weighted by atomic mass is 15.5. The Balaban J connectivity index is 2.48. The summed E-state index contributed by atoms with van der Waals surface area (Å²) in [7, 11) is 0. The van der Waals surface area contributed by atoms with Crippen molar-refractivity contribution in [2.24, 2.45) is 27.3 Å². The highest BCUT2D eigenvalue weighted by molar-refractivity contribution is 5.92. The summed E-state index contributed by atoms with van der Waals surface area (Å²) in [6, 6.07) is 0. The van der Waals surface area contributed by atoms with Gasteiger partial charge in [-0.2, -0.15) is 4.99 Å². The summed E-state index contributed by atoms with van der Waals surface area (Å²) in [6.07, 6.45) is 0. The molecule has 1 aliphatic heterocycles. The van der Waals surface area contributed by atoms with Gasteiger partial charge in [0.15, 0.2) is 5.96 Å². The maximum Gasteiger partial charge on any atom is 0.240 e. The van der Waals surface area contributed by atoms with E-state index in [2.05, 4.69) is 15.4 Å². The second-order valence-electron chi connectivity index (χ2n) is 2.70. The van der Waals surface area contributed by atoms with E-state index < -0.39 is 0 Å². The molecule has 0 aromatic rings. The van der Waals surface area contributed by atoms with Gasteiger partial charge in [-0.15, -0.1) is 5.10 Å². The lowest BCUT2D eigenvalue weighted by atomic mass is 10.4. The normalized spacial score (nSPS) is 18.5. The molecule has 0 aromatic carbocycles. The van der Waals surface area contributed by atoms with Crippen LogP contribution in [0.3, 0.4) is 0 Å². The average Bonchev–Trinajstić information content (AvgIpc) is 2.04. The van der Waals surface area contributed by atoms with E-state index in [0.29, 0.717) is 0 Å². The number of nitrogens with two attached hydrogens (primary N) is 3. The predicted octanol–water partition coefficient (Wildman–Crippen LogP) is -2.61. The zero-order valence-corrected chi connectivity index (χ0v) is 7.40. The first-order valence-corrected chi connectivity index (χ1v) is 4.08. The van der Waals surface area contributed by atoms with Crippen LogP contribution < -0.4 is 22.5 Å². The van der Waals surface area contributed by atoms with Crippen molar-refractivity contribution < 1.29 is 0 Å². The summed E-state index contributed by atoms with van der Waals surface area (Å²) in [5, 5.41) is 9.04. The third-order valence-corrected chi connectivity index (χ3v) is 1.58. The number of nitrogens with one attached hydrogen (secondary N) is 1. The Hall–Kier alpha value is -1.50. The van der Waals surface area contributed by atoms with E-state index in [4.69, 9.17) is 17.2 Å². The van der Waals surface area contributed by atoms with Crippen LogP contribution in [0, 0.1) is 0 Å². The summed E-state index contributed by atoms with van der Waals surface area (Å²) in [4.78, 5) is 3.61. The third kappa shape index (κ3) is 3.61. The van der Waals surface area contributed by atoms with Crippen LogP contribution >= 0.6 is 0 Å². The Bertz CT molecular complexity index is 211. The lowest BCUT2D eigenvalue weighted by Gasteiger charge is -2.24. The van der Waals surface area contributed by atoms with E-state index in [9.17, 15) is 0 Å². The molecule has 1 rings (SSSR count). The highest BCUT2D eigenvalue weighted by Crippen LogP contribution is 1.92. The van der Waals surface area contributed by atoms with Gasteiger partial charge in [-0.05, 0) is 0 Å². The number of hydrogen-bond donors (Lipinski definition) is 4. The molecule has 1 saturated heterocycles. The Kier molecular flexibility index (Phi) is 3.32. The van der Waals surface area contributed by atoms with Gasteiger partial charge in [0.05, 0.1) is 0 Å². The minimum atomic E-state index is -0.0728. The monoisotopic (exact) mass is 185 g/mol. The van der Waals surface area contributed by atoms with E-state index in [1.807, 2.05) is 5.01 Å². The lowest BCUT2D eigenvalue weighted by Crippen LogP contribution is -2.41. The van der Waals surface area contributed by atoms with E-state index >= 15 is 0 Å². The Morgan fingerprint density at radius 3 is 2.31 bits per heavy atom. The molecular formula is C6H15N7. The van der Waals surface area contributed by atoms with E-state index in [1.54, 1.807) is 0 Å². The van der Waals surface area contributed by atoms with Gasteiger partial charge in [0.1, 0.15) is 0 Å². The quantitative estimate of drug-likeness (QED) is 0.264. The molecule has 1 aliphatic rings. The summed E-state index contributed by atoms with van der Waals surface area (Å²) < 4.78 is 0. The van der Waals surface area contributed by atoms with Crippen molar-refractivity contribution in [3.05, 3.63) is 0 Å². The average molecular weight is 185 g/mol. The molecule has 0 radical (unpaired) electrons. The van der Waals surface area contributed by atoms with Crippen molar-refractivity contribution in [2.45, 2.75) is 0 Å². The zero-order chi connectivity index (χ0) is 9.68. The number of hydrogen-bond acceptors (Lipinski definition) is 3. The molecule has 0 spiro atoms. The summed E-state index contributed by atoms with van der Waals surface area (Å²) in [5.74, 6) is 0.0262. The lowest BCUT2D eigenvalue weighted by molar-refractivity contribution is 0.251. The molecule has 0 atom stereocenters. The molecular weight excluding hydrogens is 170 g/mol. The van der Waals surface area contributed by atoms with E-state index in [1.165, 1.54) is 0 Å². The van der Waals surface area contributed by atoms with Crippen molar-refractivity contribution >= 4 is 11.9 Å². The first kappa shape index (κ1) is 9.59. The van der Waals surface area contributed by atoms with Gasteiger partial charge in [0, 0.05) is 26.2 Å². The molecule has 13 heavy (non-hydrogen) atoms. The highest BCUT2D eigenvalue weighted by Gasteiger charge is 2.06. The number of hydrazone groups is 1. The minimum absolute atomic E-state index is 0.0728. The standard InChI is InChI=1S/C6H15N7/c7-5(8)11-6(9)12-13-3-1-10-2-4-13/h10H,1-4H2,(H6,7,8,9,11,12). The fourth-order valence-corrected chi connectivity index (χ4v) is 1.05. The minimum Gasteiger partial charge on any atom is -0.370 e. The van der Waals surface area contributed by atoms with Gasteiger partial charge in [-0.1, -0.05) is 0 Å². The zero-order valence-electron chi connectivity index (χ0n) is 7.40. The summed E-state index contributed by atoms with van der Waals surface area (Å²) in [6.45, 7) is 3.44. The molecule has 0 unspecified atom stereocenters. The van der Waals surface area contributed by atoms with Gasteiger partial charge in [0.2, 0.25) is 5.96 Å². The molecule has 1 fully saturated rings. The molecule has 7 N–H and O–H groups in total. The molecule has 0 saturated carbocycles. The maximum atomic E-state index is 5.45. The topological polar surface area (TPSA) is 118 Å². The van der Waals surface area contributed by atoms with Crippen LogP contribution in [0.25, 0.3) is 0 Å². The van der Waals surface area contributed by atoms with Crippen molar-refractivity contribution in [3.8, 4) is 0 Å². The largest absolute Gasteiger partial charge is 0.370 e. The SMILES string of the molecule is NC(N)=NC(N)=NN1CCNCC1. The van der Waals surface area contributed by atoms with Crippen LogP contribution in [-0.2, 0) is 0 Å². The predicted molar refractivity (Wildman–Crippen MR) is 51.9 cm³/mol. The Morgan fingerprint density at radius 2 is 1.77 bits per heavy atom. The Labute approximate surface area is 76.6 Å². The van der Waals surface area contributed by atoms with Crippen LogP contribution in [0.5, 0.6) is 0 Å². The van der Waals surface area contributed by atoms with Gasteiger partial charge >= 0.3 is 0 Å². The van der Waals surface area contributed by atoms with Crippen molar-refractivity contribution in [1.82, 2.24) is 10.3 Å². The smallest absolute Gasteiger partial charge is 0.240 e. The maximum absolute atomic E-state index is 5.45.